The molecule has 19 heavy (non-hydrogen) atoms. The summed E-state index contributed by atoms with van der Waals surface area (Å²) in [6.07, 6.45) is 0. The van der Waals surface area contributed by atoms with Crippen LogP contribution < -0.4 is 16.0 Å². The molecule has 0 amide bonds. The first-order chi connectivity index (χ1) is 8.93. The van der Waals surface area contributed by atoms with E-state index in [4.69, 9.17) is 10.6 Å². The highest BCUT2D eigenvalue weighted by atomic mass is 19.1. The minimum atomic E-state index is -0.917. The third-order valence-electron chi connectivity index (χ3n) is 2.68. The molecular weight excluding hydrogens is 256 g/mol. The van der Waals surface area contributed by atoms with Crippen molar-refractivity contribution in [2.24, 2.45) is 12.9 Å². The van der Waals surface area contributed by atoms with Crippen LogP contribution in [0.4, 0.5) is 14.6 Å². The summed E-state index contributed by atoms with van der Waals surface area (Å²) < 4.78 is 33.8. The summed E-state index contributed by atoms with van der Waals surface area (Å²) >= 11 is 0. The third kappa shape index (κ3) is 2.34. The first-order valence-electron chi connectivity index (χ1n) is 5.44. The van der Waals surface area contributed by atoms with E-state index in [1.807, 2.05) is 5.43 Å². The number of hydrogen-bond acceptors (Lipinski definition) is 5. The summed E-state index contributed by atoms with van der Waals surface area (Å²) in [7, 11) is 1.73. The molecule has 2 aromatic rings. The van der Waals surface area contributed by atoms with Crippen molar-refractivity contribution < 1.29 is 13.5 Å². The van der Waals surface area contributed by atoms with Crippen LogP contribution in [0.25, 0.3) is 0 Å². The average Bonchev–Trinajstić information content (AvgIpc) is 2.59. The normalized spacial score (nSPS) is 10.6. The van der Waals surface area contributed by atoms with Gasteiger partial charge in [0, 0.05) is 13.1 Å². The maximum absolute atomic E-state index is 13.6. The summed E-state index contributed by atoms with van der Waals surface area (Å²) in [5.74, 6) is 2.98. The minimum absolute atomic E-state index is 0.296. The number of hydrogen-bond donors (Lipinski definition) is 2. The fourth-order valence-corrected chi connectivity index (χ4v) is 1.62. The van der Waals surface area contributed by atoms with Crippen molar-refractivity contribution >= 4 is 5.82 Å². The summed E-state index contributed by atoms with van der Waals surface area (Å²) in [4.78, 5) is 3.63. The van der Waals surface area contributed by atoms with E-state index < -0.39 is 11.6 Å². The van der Waals surface area contributed by atoms with E-state index in [0.717, 1.165) is 0 Å². The SMILES string of the molecule is Cc1nn(C)c(C)c1Oc1nc(NN)c(F)cc1F. The molecule has 2 heterocycles. The number of ether oxygens (including phenoxy) is 1. The second-order valence-electron chi connectivity index (χ2n) is 3.98. The molecule has 6 nitrogen and oxygen atoms in total. The summed E-state index contributed by atoms with van der Waals surface area (Å²) in [5.41, 5.74) is 3.31. The Bertz CT molecular complexity index is 626. The molecule has 0 saturated carbocycles. The van der Waals surface area contributed by atoms with Crippen LogP contribution in [-0.4, -0.2) is 14.8 Å². The summed E-state index contributed by atoms with van der Waals surface area (Å²) in [6.45, 7) is 3.48. The number of pyridine rings is 1. The van der Waals surface area contributed by atoms with Crippen molar-refractivity contribution in [1.29, 1.82) is 0 Å². The monoisotopic (exact) mass is 269 g/mol. The Hall–Kier alpha value is -2.22. The van der Waals surface area contributed by atoms with Gasteiger partial charge >= 0.3 is 0 Å². The van der Waals surface area contributed by atoms with Gasteiger partial charge in [0.15, 0.2) is 23.2 Å². The van der Waals surface area contributed by atoms with Crippen molar-refractivity contribution in [3.63, 3.8) is 0 Å². The smallest absolute Gasteiger partial charge is 0.258 e. The van der Waals surface area contributed by atoms with Gasteiger partial charge in [0.25, 0.3) is 5.88 Å². The molecule has 0 radical (unpaired) electrons. The van der Waals surface area contributed by atoms with Crippen LogP contribution in [0.1, 0.15) is 11.4 Å². The summed E-state index contributed by atoms with van der Waals surface area (Å²) in [5, 5.41) is 4.12. The van der Waals surface area contributed by atoms with Crippen LogP contribution in [0.5, 0.6) is 11.6 Å². The largest absolute Gasteiger partial charge is 0.432 e. The van der Waals surface area contributed by atoms with E-state index in [-0.39, 0.29) is 11.7 Å². The number of aromatic nitrogens is 3. The molecule has 0 aliphatic carbocycles. The quantitative estimate of drug-likeness (QED) is 0.656. The number of halogens is 2. The van der Waals surface area contributed by atoms with E-state index in [9.17, 15) is 8.78 Å². The standard InChI is InChI=1S/C11H13F2N5O/c1-5-9(6(2)18(3)17-5)19-11-8(13)4-7(12)10(15-11)16-14/h4H,14H2,1-3H3,(H,15,16). The Labute approximate surface area is 108 Å². The Morgan fingerprint density at radius 1 is 1.32 bits per heavy atom. The number of aryl methyl sites for hydroxylation is 2. The molecule has 0 atom stereocenters. The van der Waals surface area contributed by atoms with Gasteiger partial charge in [-0.15, -0.1) is 0 Å². The Morgan fingerprint density at radius 2 is 2.00 bits per heavy atom. The zero-order valence-corrected chi connectivity index (χ0v) is 10.7. The Kier molecular flexibility index (Phi) is 3.34. The van der Waals surface area contributed by atoms with Crippen LogP contribution in [0.3, 0.4) is 0 Å². The van der Waals surface area contributed by atoms with Crippen molar-refractivity contribution in [2.45, 2.75) is 13.8 Å². The van der Waals surface area contributed by atoms with E-state index in [0.29, 0.717) is 23.2 Å². The molecule has 0 aliphatic heterocycles. The lowest BCUT2D eigenvalue weighted by Crippen LogP contribution is -2.11. The molecule has 0 aliphatic rings. The zero-order chi connectivity index (χ0) is 14.2. The highest BCUT2D eigenvalue weighted by molar-refractivity contribution is 5.41. The van der Waals surface area contributed by atoms with Gasteiger partial charge in [-0.1, -0.05) is 0 Å². The molecule has 0 bridgehead atoms. The lowest BCUT2D eigenvalue weighted by molar-refractivity contribution is 0.413. The molecule has 0 fully saturated rings. The van der Waals surface area contributed by atoms with E-state index in [1.54, 1.807) is 25.6 Å². The van der Waals surface area contributed by atoms with Gasteiger partial charge in [0.1, 0.15) is 5.69 Å². The number of nitrogen functional groups attached to an aromatic ring is 1. The topological polar surface area (TPSA) is 78.0 Å². The zero-order valence-electron chi connectivity index (χ0n) is 10.7. The Balaban J connectivity index is 2.43. The summed E-state index contributed by atoms with van der Waals surface area (Å²) in [6, 6.07) is 0.651. The van der Waals surface area contributed by atoms with Gasteiger partial charge in [-0.3, -0.25) is 4.68 Å². The van der Waals surface area contributed by atoms with Gasteiger partial charge < -0.3 is 10.2 Å². The van der Waals surface area contributed by atoms with Crippen LogP contribution in [0.2, 0.25) is 0 Å². The molecule has 2 aromatic heterocycles. The van der Waals surface area contributed by atoms with Crippen LogP contribution in [-0.2, 0) is 7.05 Å². The number of hydrazine groups is 1. The maximum atomic E-state index is 13.6. The van der Waals surface area contributed by atoms with Crippen molar-refractivity contribution in [3.05, 3.63) is 29.1 Å². The molecule has 8 heteroatoms. The third-order valence-corrected chi connectivity index (χ3v) is 2.68. The number of nitrogens with two attached hydrogens (primary N) is 1. The van der Waals surface area contributed by atoms with E-state index in [1.165, 1.54) is 0 Å². The second-order valence-corrected chi connectivity index (χ2v) is 3.98. The highest BCUT2D eigenvalue weighted by Gasteiger charge is 2.17. The lowest BCUT2D eigenvalue weighted by Gasteiger charge is -2.08. The predicted octanol–water partition coefficient (Wildman–Crippen LogP) is 1.79. The first kappa shape index (κ1) is 13.2. The van der Waals surface area contributed by atoms with E-state index in [2.05, 4.69) is 10.1 Å². The van der Waals surface area contributed by atoms with Gasteiger partial charge in [-0.05, 0) is 13.8 Å². The van der Waals surface area contributed by atoms with Gasteiger partial charge in [0.2, 0.25) is 0 Å². The molecular formula is C11H13F2N5O. The van der Waals surface area contributed by atoms with Crippen molar-refractivity contribution in [2.75, 3.05) is 5.43 Å². The maximum Gasteiger partial charge on any atom is 0.258 e. The second kappa shape index (κ2) is 4.81. The first-order valence-corrected chi connectivity index (χ1v) is 5.44. The molecule has 2 rings (SSSR count). The minimum Gasteiger partial charge on any atom is -0.432 e. The molecule has 0 saturated heterocycles. The number of nitrogens with zero attached hydrogens (tertiary/aromatic N) is 3. The lowest BCUT2D eigenvalue weighted by atomic mass is 10.3. The number of rotatable bonds is 3. The number of anilines is 1. The Morgan fingerprint density at radius 3 is 2.53 bits per heavy atom. The molecule has 3 N–H and O–H groups in total. The fraction of sp³-hybridized carbons (Fsp3) is 0.273. The molecule has 0 aromatic carbocycles. The van der Waals surface area contributed by atoms with Crippen LogP contribution in [0, 0.1) is 25.5 Å². The molecule has 0 unspecified atom stereocenters. The van der Waals surface area contributed by atoms with Gasteiger partial charge in [0.05, 0.1) is 5.69 Å². The van der Waals surface area contributed by atoms with Gasteiger partial charge in [-0.2, -0.15) is 10.1 Å². The predicted molar refractivity (Wildman–Crippen MR) is 64.7 cm³/mol. The van der Waals surface area contributed by atoms with Crippen LogP contribution in [0.15, 0.2) is 6.07 Å². The van der Waals surface area contributed by atoms with Crippen molar-refractivity contribution in [3.8, 4) is 11.6 Å². The van der Waals surface area contributed by atoms with E-state index >= 15 is 0 Å². The van der Waals surface area contributed by atoms with Gasteiger partial charge in [-0.25, -0.2) is 14.6 Å². The molecule has 0 spiro atoms. The van der Waals surface area contributed by atoms with Crippen LogP contribution >= 0.6 is 0 Å². The fourth-order valence-electron chi connectivity index (χ4n) is 1.62. The number of nitrogens with one attached hydrogen (secondary N) is 1. The average molecular weight is 269 g/mol. The van der Waals surface area contributed by atoms with Crippen molar-refractivity contribution in [1.82, 2.24) is 14.8 Å². The highest BCUT2D eigenvalue weighted by Crippen LogP contribution is 2.29. The molecule has 102 valence electrons.